The Morgan fingerprint density at radius 1 is 0.496 bits per heavy atom. The van der Waals surface area contributed by atoms with E-state index in [1.807, 2.05) is 114 Å². The number of hydrogen-bond donors (Lipinski definition) is 5. The molecule has 0 amide bonds. The fourth-order valence-electron chi connectivity index (χ4n) is 6.63. The summed E-state index contributed by atoms with van der Waals surface area (Å²) in [6.07, 6.45) is 1.80. The number of halogens is 3. The number of benzene rings is 4. The van der Waals surface area contributed by atoms with Gasteiger partial charge in [0.05, 0.1) is 78.1 Å². The van der Waals surface area contributed by atoms with Gasteiger partial charge >= 0.3 is 63.1 Å². The lowest BCUT2D eigenvalue weighted by molar-refractivity contribution is -0.150. The number of para-hydroxylation sites is 4. The quantitative estimate of drug-likeness (QED) is 0.00705. The zero-order chi connectivity index (χ0) is 90.4. The zero-order valence-electron chi connectivity index (χ0n) is 73.2. The summed E-state index contributed by atoms with van der Waals surface area (Å²) in [5.74, 6) is 1.59. The Balaban J connectivity index is -0.000000236. The maximum Gasteiger partial charge on any atom is 0.436 e. The van der Waals surface area contributed by atoms with Crippen molar-refractivity contribution in [3.8, 4) is 29.1 Å². The van der Waals surface area contributed by atoms with Crippen LogP contribution in [-0.2, 0) is 73.2 Å². The van der Waals surface area contributed by atoms with Gasteiger partial charge in [0.2, 0.25) is 7.37 Å². The molecule has 0 radical (unpaired) electrons. The minimum atomic E-state index is -3.99. The first-order valence-electron chi connectivity index (χ1n) is 36.9. The van der Waals surface area contributed by atoms with Gasteiger partial charge in [0.25, 0.3) is 0 Å². The number of ether oxygens (including phenoxy) is 1. The number of alkyl halides is 1. The van der Waals surface area contributed by atoms with Crippen LogP contribution >= 0.6 is 92.2 Å². The molecule has 0 aliphatic carbocycles. The molecule has 115 heavy (non-hydrogen) atoms. The van der Waals surface area contributed by atoms with Crippen molar-refractivity contribution in [1.29, 1.82) is 5.26 Å². The predicted octanol–water partition coefficient (Wildman–Crippen LogP) is 23.6. The second-order valence-electron chi connectivity index (χ2n) is 28.2. The van der Waals surface area contributed by atoms with E-state index >= 15 is 0 Å². The maximum atomic E-state index is 13.4. The van der Waals surface area contributed by atoms with Gasteiger partial charge in [-0.3, -0.25) is 32.2 Å². The highest BCUT2D eigenvalue weighted by atomic mass is 79.9. The van der Waals surface area contributed by atoms with Crippen molar-refractivity contribution in [2.45, 2.75) is 229 Å². The van der Waals surface area contributed by atoms with Gasteiger partial charge in [-0.05, 0) is 186 Å². The van der Waals surface area contributed by atoms with Crippen LogP contribution < -0.4 is 35.3 Å². The Morgan fingerprint density at radius 2 is 0.765 bits per heavy atom. The molecule has 4 aromatic carbocycles. The van der Waals surface area contributed by atoms with Gasteiger partial charge in [-0.25, -0.2) is 27.1 Å². The van der Waals surface area contributed by atoms with Gasteiger partial charge in [-0.2, -0.15) is 5.26 Å². The molecular formula is C76H140BrCl2N6O22P7Si. The molecule has 4 rings (SSSR count). The van der Waals surface area contributed by atoms with Crippen LogP contribution in [0.2, 0.25) is 19.6 Å². The van der Waals surface area contributed by atoms with Crippen molar-refractivity contribution in [3.05, 3.63) is 144 Å². The van der Waals surface area contributed by atoms with Crippen LogP contribution in [0.5, 0.6) is 23.0 Å². The summed E-state index contributed by atoms with van der Waals surface area (Å²) in [7, 11) is -23.1. The van der Waals surface area contributed by atoms with E-state index in [4.69, 9.17) is 99.9 Å². The van der Waals surface area contributed by atoms with E-state index in [1.54, 1.807) is 151 Å². The number of esters is 1. The molecule has 0 saturated carbocycles. The number of nitrogens with two attached hydrogens (primary N) is 3. The third-order valence-electron chi connectivity index (χ3n) is 15.2. The molecule has 8 N–H and O–H groups in total. The van der Waals surface area contributed by atoms with E-state index in [-0.39, 0.29) is 63.3 Å². The monoisotopic (exact) mass is 1880 g/mol. The number of carbonyl (C=O) groups excluding carboxylic acids is 1. The molecule has 666 valence electrons. The van der Waals surface area contributed by atoms with E-state index in [9.17, 15) is 36.7 Å². The number of carbonyl (C=O) groups is 1. The first-order chi connectivity index (χ1) is 52.4. The topological polar surface area (TPSA) is 398 Å². The predicted molar refractivity (Wildman–Crippen MR) is 482 cm³/mol. The molecule has 28 nitrogen and oxygen atoms in total. The molecule has 0 aliphatic heterocycles. The summed E-state index contributed by atoms with van der Waals surface area (Å²) in [5.41, 5.74) is 16.3. The summed E-state index contributed by atoms with van der Waals surface area (Å²) in [6, 6.07) is 38.1. The second kappa shape index (κ2) is 61.7. The van der Waals surface area contributed by atoms with Crippen molar-refractivity contribution in [2.24, 2.45) is 17.2 Å². The van der Waals surface area contributed by atoms with Crippen molar-refractivity contribution in [3.63, 3.8) is 0 Å². The fraction of sp³-hybridized carbons (Fsp3) is 0.632. The number of hydrogen-bond acceptors (Lipinski definition) is 24. The summed E-state index contributed by atoms with van der Waals surface area (Å²) >= 11 is 8.15. The molecular weight excluding hydrogens is 1740 g/mol. The first kappa shape index (κ1) is 125. The van der Waals surface area contributed by atoms with Gasteiger partial charge in [0.15, 0.2) is 6.10 Å². The van der Waals surface area contributed by atoms with Crippen LogP contribution in [0.1, 0.15) is 172 Å². The molecule has 0 aromatic heterocycles. The highest BCUT2D eigenvalue weighted by Gasteiger charge is 2.51. The Kier molecular flexibility index (Phi) is 66.8. The summed E-state index contributed by atoms with van der Waals surface area (Å²) in [4.78, 5) is 35.1. The fourth-order valence-corrected chi connectivity index (χ4v) is 16.0. The van der Waals surface area contributed by atoms with E-state index in [0.717, 1.165) is 6.42 Å². The van der Waals surface area contributed by atoms with Gasteiger partial charge in [0, 0.05) is 53.5 Å². The maximum absolute atomic E-state index is 13.4. The smallest absolute Gasteiger partial charge is 0.436 e. The lowest BCUT2D eigenvalue weighted by atomic mass is 10.1. The van der Waals surface area contributed by atoms with E-state index < -0.39 is 97.6 Å². The number of nitrogens with zero attached hydrogens (tertiary/aromatic N) is 3. The Hall–Kier alpha value is -3.57. The molecule has 4 aromatic rings. The molecule has 0 spiro atoms. The summed E-state index contributed by atoms with van der Waals surface area (Å²) < 4.78 is 148. The number of nitriles is 1. The van der Waals surface area contributed by atoms with Gasteiger partial charge in [-0.15, -0.1) is 39.3 Å². The lowest BCUT2D eigenvalue weighted by Crippen LogP contribution is -2.36. The Morgan fingerprint density at radius 3 is 1.00 bits per heavy atom. The van der Waals surface area contributed by atoms with Gasteiger partial charge < -0.3 is 81.8 Å². The van der Waals surface area contributed by atoms with E-state index in [0.29, 0.717) is 55.8 Å². The highest BCUT2D eigenvalue weighted by Crippen LogP contribution is 2.63. The number of rotatable bonds is 36. The largest absolute Gasteiger partial charge is 0.464 e. The second-order valence-corrected chi connectivity index (χ2v) is 57.4. The normalized spacial score (nSPS) is 12.9. The zero-order valence-corrected chi connectivity index (χ0v) is 83.7. The van der Waals surface area contributed by atoms with Crippen LogP contribution in [0.4, 0.5) is 0 Å². The van der Waals surface area contributed by atoms with Crippen LogP contribution in [-0.4, -0.2) is 145 Å². The summed E-state index contributed by atoms with van der Waals surface area (Å²) in [6.45, 7) is 63.4. The Bertz CT molecular complexity index is 3640. The van der Waals surface area contributed by atoms with Crippen LogP contribution in [0.3, 0.4) is 0 Å². The van der Waals surface area contributed by atoms with Crippen LogP contribution in [0.15, 0.2) is 121 Å². The average molecular weight is 1890 g/mol. The summed E-state index contributed by atoms with van der Waals surface area (Å²) in [5, 5.41) is 2.72. The van der Waals surface area contributed by atoms with Crippen molar-refractivity contribution in [2.75, 3.05) is 85.2 Å². The third kappa shape index (κ3) is 50.4. The molecule has 0 aliphatic rings. The highest BCUT2D eigenvalue weighted by molar-refractivity contribution is 9.26. The van der Waals surface area contributed by atoms with Gasteiger partial charge in [-0.1, -0.05) is 106 Å². The SMILES string of the molecule is CC#N.CC(C)(CN)P(=O)(O)O.CCC(C)(C)P(=O)(Oc1ccccc1)Oc1ccccc1.CCC(C)(C)P(C)(=O)Oc1ccccc1.CCOC(=O)[C@H](C)OP(=O)(Oc1ccccc1)C(C)(C)CN.CCOP(=O)(OCC)C(C)(C)CN.CCl.C[Si](C)(C)Br.Cl.[C-]#[N+]C(C)(C)P(=O)(OCC)OCC.[C-]#[N+]CP(=O)(OCC)OCC. The molecule has 3 atom stereocenters. The van der Waals surface area contributed by atoms with Crippen LogP contribution in [0, 0.1) is 24.5 Å². The molecule has 2 unspecified atom stereocenters. The molecule has 0 fully saturated rings. The minimum absolute atomic E-state index is 0. The molecule has 39 heteroatoms. The standard InChI is InChI=1S/C17H21O3P.C15H24NO5P.C12H19O2P.C8H16NO3P.C8H20NO3P.C6H12NO3P.C4H12NO3P.C3H9BrSi.C2H3N.CH3Cl.ClH/c1-4-17(2,3)21(18,19-15-11-7-5-8-12-15)20-16-13-9-6-10-14-16;1-5-19-14(17)12(2)20-22(18,15(3,4)11-16)21-13-9-7-6-8-10-13;1-5-12(2,3)15(4,13)14-11-9-7-6-8-10-11;1-6-11-13(10,12-7-2)8(3,4)9-5;1-5-11-13(10,12-6-2)8(3,4)7-9;1-4-9-11(8,6-7-3)10-5-2;1-4(2,3-5)9(6,7)8;1-5(2,3)4;1-2-3;1-2;/h5-14H,4H2,1-3H3;6-10,12H,5,11,16H2,1-4H3;6-10H,5H2,1-4H3;6-7H2,1-4H3;5-7,9H2,1-4H3;4-6H2,1-2H3;3,5H2,1-2H3,(H2,6,7,8);1-3H3;1H3;1H3;1H/t;12-,22?;;;;;;;;;/m.0........./s1. The van der Waals surface area contributed by atoms with E-state index in [2.05, 4.69) is 56.2 Å². The molecule has 0 heterocycles. The van der Waals surface area contributed by atoms with E-state index in [1.165, 1.54) is 34.1 Å². The molecule has 0 saturated heterocycles. The van der Waals surface area contributed by atoms with Crippen LogP contribution in [0.25, 0.3) is 9.69 Å². The Labute approximate surface area is 711 Å². The average Bonchev–Trinajstić information content (AvgIpc) is 0.791. The lowest BCUT2D eigenvalue weighted by Gasteiger charge is -2.33. The third-order valence-corrected chi connectivity index (χ3v) is 32.8. The molecule has 0 bridgehead atoms. The van der Waals surface area contributed by atoms with Crippen molar-refractivity contribution in [1.82, 2.24) is 0 Å². The van der Waals surface area contributed by atoms with Gasteiger partial charge in [0.1, 0.15) is 29.7 Å². The minimum Gasteiger partial charge on any atom is -0.464 e. The first-order valence-corrected chi connectivity index (χ1v) is 55.0. The van der Waals surface area contributed by atoms with Crippen molar-refractivity contribution < 1.29 is 101 Å². The van der Waals surface area contributed by atoms with Crippen molar-refractivity contribution >= 4 is 105 Å².